The highest BCUT2D eigenvalue weighted by Gasteiger charge is 2.23. The Morgan fingerprint density at radius 1 is 1.43 bits per heavy atom. The molecule has 4 nitrogen and oxygen atoms in total. The second-order valence-corrected chi connectivity index (χ2v) is 6.64. The third-order valence-electron chi connectivity index (χ3n) is 3.92. The molecule has 0 bridgehead atoms. The molecule has 1 heterocycles. The Bertz CT molecular complexity index is 528. The van der Waals surface area contributed by atoms with Crippen molar-refractivity contribution in [3.63, 3.8) is 0 Å². The molecule has 0 aromatic heterocycles. The average molecular weight is 358 g/mol. The molecule has 116 valence electrons. The van der Waals surface area contributed by atoms with Crippen molar-refractivity contribution in [3.8, 4) is 0 Å². The maximum Gasteiger partial charge on any atom is 0.253 e. The fourth-order valence-corrected chi connectivity index (χ4v) is 3.15. The van der Waals surface area contributed by atoms with Gasteiger partial charge < -0.3 is 16.0 Å². The van der Waals surface area contributed by atoms with E-state index in [1.165, 1.54) is 6.07 Å². The second kappa shape index (κ2) is 6.75. The molecule has 1 aromatic rings. The number of hydrogen-bond acceptors (Lipinski definition) is 3. The van der Waals surface area contributed by atoms with E-state index in [0.29, 0.717) is 16.2 Å². The number of halogens is 2. The molecule has 0 saturated carbocycles. The minimum absolute atomic E-state index is 0.0653. The number of piperidine rings is 1. The van der Waals surface area contributed by atoms with Crippen molar-refractivity contribution in [1.82, 2.24) is 4.90 Å². The maximum atomic E-state index is 13.9. The van der Waals surface area contributed by atoms with E-state index in [1.807, 2.05) is 0 Å². The highest BCUT2D eigenvalue weighted by Crippen LogP contribution is 2.27. The van der Waals surface area contributed by atoms with Crippen LogP contribution in [0.2, 0.25) is 0 Å². The first kappa shape index (κ1) is 16.2. The van der Waals surface area contributed by atoms with Crippen LogP contribution in [0.25, 0.3) is 0 Å². The summed E-state index contributed by atoms with van der Waals surface area (Å²) in [7, 11) is 0. The predicted octanol–water partition coefficient (Wildman–Crippen LogP) is 2.97. The van der Waals surface area contributed by atoms with Crippen LogP contribution in [-0.4, -0.2) is 36.0 Å². The van der Waals surface area contributed by atoms with Crippen LogP contribution in [0, 0.1) is 5.82 Å². The molecule has 0 spiro atoms. The van der Waals surface area contributed by atoms with E-state index in [1.54, 1.807) is 6.07 Å². The predicted molar refractivity (Wildman–Crippen MR) is 86.0 cm³/mol. The number of amides is 1. The van der Waals surface area contributed by atoms with Gasteiger partial charge in [-0.3, -0.25) is 4.79 Å². The van der Waals surface area contributed by atoms with Gasteiger partial charge in [0.05, 0.1) is 11.3 Å². The average Bonchev–Trinajstić information content (AvgIpc) is 2.37. The summed E-state index contributed by atoms with van der Waals surface area (Å²) in [6.07, 6.45) is 1.93. The van der Waals surface area contributed by atoms with Gasteiger partial charge in [-0.25, -0.2) is 4.39 Å². The zero-order chi connectivity index (χ0) is 15.6. The molecule has 3 N–H and O–H groups in total. The summed E-state index contributed by atoms with van der Waals surface area (Å²) in [5, 5.41) is 3.27. The monoisotopic (exact) mass is 357 g/mol. The molecule has 1 aromatic carbocycles. The van der Waals surface area contributed by atoms with E-state index in [4.69, 9.17) is 5.73 Å². The van der Waals surface area contributed by atoms with Crippen LogP contribution in [-0.2, 0) is 0 Å². The Morgan fingerprint density at radius 2 is 2.05 bits per heavy atom. The van der Waals surface area contributed by atoms with Crippen molar-refractivity contribution in [2.24, 2.45) is 5.73 Å². The summed E-state index contributed by atoms with van der Waals surface area (Å²) in [5.41, 5.74) is 5.69. The summed E-state index contributed by atoms with van der Waals surface area (Å²) in [5.74, 6) is -1.35. The molecule has 0 aliphatic carbocycles. The lowest BCUT2D eigenvalue weighted by Gasteiger charge is -2.35. The number of primary amides is 1. The Kier molecular flexibility index (Phi) is 5.22. The van der Waals surface area contributed by atoms with Gasteiger partial charge in [0.15, 0.2) is 0 Å². The highest BCUT2D eigenvalue weighted by atomic mass is 79.9. The molecule has 1 fully saturated rings. The maximum absolute atomic E-state index is 13.9. The van der Waals surface area contributed by atoms with Gasteiger partial charge in [-0.05, 0) is 38.8 Å². The van der Waals surface area contributed by atoms with Crippen molar-refractivity contribution in [2.75, 3.05) is 18.4 Å². The Hall–Kier alpha value is -1.14. The number of nitrogens with two attached hydrogens (primary N) is 1. The summed E-state index contributed by atoms with van der Waals surface area (Å²) < 4.78 is 14.5. The molecule has 2 rings (SSSR count). The first-order valence-electron chi connectivity index (χ1n) is 7.18. The van der Waals surface area contributed by atoms with Gasteiger partial charge in [0.25, 0.3) is 5.91 Å². The molecule has 0 unspecified atom stereocenters. The molecule has 1 aliphatic heterocycles. The molecule has 1 aliphatic rings. The summed E-state index contributed by atoms with van der Waals surface area (Å²) in [6.45, 7) is 6.36. The smallest absolute Gasteiger partial charge is 0.253 e. The number of nitrogens with zero attached hydrogens (tertiary/aromatic N) is 1. The molecule has 1 amide bonds. The van der Waals surface area contributed by atoms with Gasteiger partial charge in [-0.2, -0.15) is 0 Å². The van der Waals surface area contributed by atoms with Crippen molar-refractivity contribution in [3.05, 3.63) is 28.0 Å². The summed E-state index contributed by atoms with van der Waals surface area (Å²) in [6, 6.07) is 3.73. The summed E-state index contributed by atoms with van der Waals surface area (Å²) >= 11 is 3.25. The lowest BCUT2D eigenvalue weighted by atomic mass is 10.0. The fraction of sp³-hybridized carbons (Fsp3) is 0.533. The topological polar surface area (TPSA) is 58.4 Å². The van der Waals surface area contributed by atoms with Crippen LogP contribution in [0.15, 0.2) is 16.6 Å². The number of hydrogen-bond donors (Lipinski definition) is 2. The van der Waals surface area contributed by atoms with Gasteiger partial charge in [-0.1, -0.05) is 15.9 Å². The first-order chi connectivity index (χ1) is 9.88. The van der Waals surface area contributed by atoms with Crippen molar-refractivity contribution < 1.29 is 9.18 Å². The van der Waals surface area contributed by atoms with Crippen LogP contribution in [0.4, 0.5) is 10.1 Å². The van der Waals surface area contributed by atoms with E-state index >= 15 is 0 Å². The Labute approximate surface area is 133 Å². The quantitative estimate of drug-likeness (QED) is 0.870. The van der Waals surface area contributed by atoms with Crippen LogP contribution in [0.1, 0.15) is 37.0 Å². The molecule has 0 atom stereocenters. The van der Waals surface area contributed by atoms with Crippen LogP contribution in [0.3, 0.4) is 0 Å². The number of nitrogens with one attached hydrogen (secondary N) is 1. The number of carbonyl (C=O) groups is 1. The molecule has 21 heavy (non-hydrogen) atoms. The van der Waals surface area contributed by atoms with Crippen molar-refractivity contribution in [2.45, 2.75) is 38.8 Å². The van der Waals surface area contributed by atoms with Gasteiger partial charge in [0.1, 0.15) is 5.82 Å². The number of anilines is 1. The van der Waals surface area contributed by atoms with Crippen LogP contribution in [0.5, 0.6) is 0 Å². The minimum Gasteiger partial charge on any atom is -0.381 e. The lowest BCUT2D eigenvalue weighted by molar-refractivity contribution is 0.0997. The van der Waals surface area contributed by atoms with Gasteiger partial charge in [0, 0.05) is 29.6 Å². The molecular formula is C15H21BrFN3O. The number of carbonyl (C=O) groups excluding carboxylic acids is 1. The highest BCUT2D eigenvalue weighted by molar-refractivity contribution is 9.10. The Morgan fingerprint density at radius 3 is 2.57 bits per heavy atom. The van der Waals surface area contributed by atoms with E-state index in [-0.39, 0.29) is 11.6 Å². The zero-order valence-corrected chi connectivity index (χ0v) is 13.9. The summed E-state index contributed by atoms with van der Waals surface area (Å²) in [4.78, 5) is 13.9. The van der Waals surface area contributed by atoms with E-state index in [9.17, 15) is 9.18 Å². The number of rotatable bonds is 4. The van der Waals surface area contributed by atoms with Crippen molar-refractivity contribution in [1.29, 1.82) is 0 Å². The molecule has 0 radical (unpaired) electrons. The van der Waals surface area contributed by atoms with E-state index < -0.39 is 11.7 Å². The van der Waals surface area contributed by atoms with Gasteiger partial charge >= 0.3 is 0 Å². The normalized spacial score (nSPS) is 17.2. The number of likely N-dealkylation sites (tertiary alicyclic amines) is 1. The largest absolute Gasteiger partial charge is 0.381 e. The molecular weight excluding hydrogens is 337 g/mol. The first-order valence-corrected chi connectivity index (χ1v) is 7.97. The van der Waals surface area contributed by atoms with Crippen molar-refractivity contribution >= 4 is 27.5 Å². The van der Waals surface area contributed by atoms with Gasteiger partial charge in [0.2, 0.25) is 0 Å². The number of benzene rings is 1. The van der Waals surface area contributed by atoms with Gasteiger partial charge in [-0.15, -0.1) is 0 Å². The third kappa shape index (κ3) is 3.95. The fourth-order valence-electron chi connectivity index (χ4n) is 2.72. The van der Waals surface area contributed by atoms with E-state index in [2.05, 4.69) is 40.0 Å². The SMILES string of the molecule is CC(C)N1CCC(Nc2cc(Br)cc(F)c2C(N)=O)CC1. The van der Waals surface area contributed by atoms with E-state index in [0.717, 1.165) is 25.9 Å². The lowest BCUT2D eigenvalue weighted by Crippen LogP contribution is -2.42. The molecule has 6 heteroatoms. The standard InChI is InChI=1S/C15H21BrFN3O/c1-9(2)20-5-3-11(4-6-20)19-13-8-10(16)7-12(17)14(13)15(18)21/h7-9,11,19H,3-6H2,1-2H3,(H2,18,21). The Balaban J connectivity index is 2.12. The minimum atomic E-state index is -0.748. The van der Waals surface area contributed by atoms with Crippen LogP contribution >= 0.6 is 15.9 Å². The third-order valence-corrected chi connectivity index (χ3v) is 4.38. The van der Waals surface area contributed by atoms with Crippen LogP contribution < -0.4 is 11.1 Å². The zero-order valence-electron chi connectivity index (χ0n) is 12.3. The molecule has 1 saturated heterocycles. The second-order valence-electron chi connectivity index (χ2n) is 5.72.